The number of hydrogen-bond acceptors (Lipinski definition) is 7. The third-order valence-electron chi connectivity index (χ3n) is 7.30. The van der Waals surface area contributed by atoms with Crippen molar-refractivity contribution >= 4 is 40.3 Å². The SMILES string of the molecule is CCOc1cc(C=Nn2c(-c3cc(C(C)C)c(OC)cc3C)nc3ccccc3c2=O)cc(Cl)c1OCC(=O)Nc1cccc(F)c1. The van der Waals surface area contributed by atoms with E-state index in [-0.39, 0.29) is 34.6 Å². The Balaban J connectivity index is 1.52. The zero-order valence-electron chi connectivity index (χ0n) is 26.6. The molecule has 0 fully saturated rings. The minimum atomic E-state index is -0.509. The maximum Gasteiger partial charge on any atom is 0.282 e. The second kappa shape index (κ2) is 14.5. The van der Waals surface area contributed by atoms with Gasteiger partial charge >= 0.3 is 0 Å². The van der Waals surface area contributed by atoms with Crippen LogP contribution in [0.1, 0.15) is 43.4 Å². The van der Waals surface area contributed by atoms with Crippen LogP contribution < -0.4 is 25.1 Å². The van der Waals surface area contributed by atoms with Gasteiger partial charge < -0.3 is 19.5 Å². The van der Waals surface area contributed by atoms with Crippen molar-refractivity contribution in [1.82, 2.24) is 9.66 Å². The molecule has 0 atom stereocenters. The van der Waals surface area contributed by atoms with Crippen molar-refractivity contribution in [3.05, 3.63) is 111 Å². The Kier molecular flexibility index (Phi) is 10.2. The zero-order valence-corrected chi connectivity index (χ0v) is 27.4. The maximum atomic E-state index is 13.8. The normalized spacial score (nSPS) is 11.3. The Morgan fingerprint density at radius 1 is 1.06 bits per heavy atom. The summed E-state index contributed by atoms with van der Waals surface area (Å²) in [4.78, 5) is 31.2. The fourth-order valence-corrected chi connectivity index (χ4v) is 5.34. The molecule has 5 rings (SSSR count). The van der Waals surface area contributed by atoms with Crippen molar-refractivity contribution in [2.45, 2.75) is 33.6 Å². The lowest BCUT2D eigenvalue weighted by atomic mass is 9.96. The Bertz CT molecular complexity index is 2040. The van der Waals surface area contributed by atoms with Crippen LogP contribution in [0, 0.1) is 12.7 Å². The number of amides is 1. The topological polar surface area (TPSA) is 104 Å². The van der Waals surface area contributed by atoms with E-state index in [0.29, 0.717) is 28.0 Å². The summed E-state index contributed by atoms with van der Waals surface area (Å²) in [5.74, 6) is 0.720. The third kappa shape index (κ3) is 7.44. The standard InChI is InChI=1S/C36H34ClFN4O5/c1-6-46-32-16-23(15-29(37)34(32)47-20-33(43)40-25-11-9-10-24(38)17-25)19-39-42-35(41-30-13-8-7-12-26(30)36(42)44)28-18-27(21(2)3)31(45-5)14-22(28)4/h7-19,21H,6,20H2,1-5H3,(H,40,43). The van der Waals surface area contributed by atoms with Gasteiger partial charge in [-0.15, -0.1) is 0 Å². The summed E-state index contributed by atoms with van der Waals surface area (Å²) in [6.45, 7) is 7.76. The van der Waals surface area contributed by atoms with E-state index in [2.05, 4.69) is 24.3 Å². The number of para-hydroxylation sites is 1. The summed E-state index contributed by atoms with van der Waals surface area (Å²) < 4.78 is 31.9. The first-order chi connectivity index (χ1) is 22.6. The van der Waals surface area contributed by atoms with Gasteiger partial charge in [0.25, 0.3) is 11.5 Å². The van der Waals surface area contributed by atoms with Crippen LogP contribution in [0.3, 0.4) is 0 Å². The summed E-state index contributed by atoms with van der Waals surface area (Å²) in [6.07, 6.45) is 1.48. The van der Waals surface area contributed by atoms with Crippen molar-refractivity contribution in [2.75, 3.05) is 25.6 Å². The molecule has 11 heteroatoms. The number of aromatic nitrogens is 2. The molecule has 47 heavy (non-hydrogen) atoms. The molecule has 1 aromatic heterocycles. The van der Waals surface area contributed by atoms with Crippen LogP contribution in [0.2, 0.25) is 5.02 Å². The van der Waals surface area contributed by atoms with Crippen molar-refractivity contribution in [3.63, 3.8) is 0 Å². The smallest absolute Gasteiger partial charge is 0.282 e. The molecule has 0 radical (unpaired) electrons. The van der Waals surface area contributed by atoms with Gasteiger partial charge in [0.1, 0.15) is 11.6 Å². The van der Waals surface area contributed by atoms with Gasteiger partial charge in [-0.25, -0.2) is 9.37 Å². The fraction of sp³-hybridized carbons (Fsp3) is 0.222. The molecule has 0 aliphatic rings. The Hall–Kier alpha value is -5.22. The van der Waals surface area contributed by atoms with E-state index in [1.54, 1.807) is 50.4 Å². The molecular formula is C36H34ClFN4O5. The predicted octanol–water partition coefficient (Wildman–Crippen LogP) is 7.59. The lowest BCUT2D eigenvalue weighted by molar-refractivity contribution is -0.118. The minimum Gasteiger partial charge on any atom is -0.496 e. The van der Waals surface area contributed by atoms with Crippen LogP contribution in [-0.4, -0.2) is 42.1 Å². The van der Waals surface area contributed by atoms with Crippen molar-refractivity contribution in [1.29, 1.82) is 0 Å². The summed E-state index contributed by atoms with van der Waals surface area (Å²) in [6, 6.07) is 19.8. The predicted molar refractivity (Wildman–Crippen MR) is 183 cm³/mol. The van der Waals surface area contributed by atoms with E-state index >= 15 is 0 Å². The number of methoxy groups -OCH3 is 1. The average molecular weight is 657 g/mol. The zero-order chi connectivity index (χ0) is 33.7. The molecule has 0 aliphatic heterocycles. The number of carbonyl (C=O) groups is 1. The number of benzene rings is 4. The molecule has 0 unspecified atom stereocenters. The lowest BCUT2D eigenvalue weighted by Gasteiger charge is -2.17. The van der Waals surface area contributed by atoms with Crippen LogP contribution in [-0.2, 0) is 4.79 Å². The van der Waals surface area contributed by atoms with Gasteiger partial charge in [-0.05, 0) is 91.1 Å². The molecule has 0 bridgehead atoms. The van der Waals surface area contributed by atoms with Gasteiger partial charge in [-0.3, -0.25) is 9.59 Å². The summed E-state index contributed by atoms with van der Waals surface area (Å²) in [7, 11) is 1.63. The van der Waals surface area contributed by atoms with Gasteiger partial charge in [-0.2, -0.15) is 9.78 Å². The first kappa shape index (κ1) is 33.2. The van der Waals surface area contributed by atoms with E-state index in [0.717, 1.165) is 22.4 Å². The molecule has 242 valence electrons. The van der Waals surface area contributed by atoms with Crippen LogP contribution in [0.15, 0.2) is 82.7 Å². The quantitative estimate of drug-likeness (QED) is 0.147. The highest BCUT2D eigenvalue weighted by Gasteiger charge is 2.19. The van der Waals surface area contributed by atoms with E-state index in [1.807, 2.05) is 25.1 Å². The minimum absolute atomic E-state index is 0.153. The highest BCUT2D eigenvalue weighted by molar-refractivity contribution is 6.32. The molecule has 5 aromatic rings. The van der Waals surface area contributed by atoms with Gasteiger partial charge in [0.2, 0.25) is 0 Å². The number of hydrogen-bond donors (Lipinski definition) is 1. The molecule has 9 nitrogen and oxygen atoms in total. The number of nitrogens with zero attached hydrogens (tertiary/aromatic N) is 3. The Labute approximate surface area is 276 Å². The van der Waals surface area contributed by atoms with E-state index < -0.39 is 18.3 Å². The van der Waals surface area contributed by atoms with Crippen molar-refractivity contribution < 1.29 is 23.4 Å². The highest BCUT2D eigenvalue weighted by atomic mass is 35.5. The number of nitrogens with one attached hydrogen (secondary N) is 1. The second-order valence-corrected chi connectivity index (χ2v) is 11.4. The van der Waals surface area contributed by atoms with E-state index in [9.17, 15) is 14.0 Å². The molecule has 1 amide bonds. The highest BCUT2D eigenvalue weighted by Crippen LogP contribution is 2.37. The molecule has 0 saturated heterocycles. The molecule has 0 spiro atoms. The first-order valence-electron chi connectivity index (χ1n) is 15.0. The first-order valence-corrected chi connectivity index (χ1v) is 15.4. The van der Waals surface area contributed by atoms with Crippen LogP contribution in [0.4, 0.5) is 10.1 Å². The summed E-state index contributed by atoms with van der Waals surface area (Å²) in [5.41, 5.74) is 3.58. The number of rotatable bonds is 11. The van der Waals surface area contributed by atoms with Gasteiger partial charge in [-0.1, -0.05) is 43.6 Å². The van der Waals surface area contributed by atoms with Crippen LogP contribution >= 0.6 is 11.6 Å². The molecule has 0 aliphatic carbocycles. The molecule has 0 saturated carbocycles. The van der Waals surface area contributed by atoms with Crippen molar-refractivity contribution in [3.8, 4) is 28.6 Å². The maximum absolute atomic E-state index is 13.8. The third-order valence-corrected chi connectivity index (χ3v) is 7.58. The molecule has 4 aromatic carbocycles. The van der Waals surface area contributed by atoms with Gasteiger partial charge in [0, 0.05) is 11.3 Å². The number of carbonyl (C=O) groups excluding carboxylic acids is 1. The number of anilines is 1. The molecule has 1 N–H and O–H groups in total. The second-order valence-electron chi connectivity index (χ2n) is 11.0. The Morgan fingerprint density at radius 3 is 2.57 bits per heavy atom. The molecular weight excluding hydrogens is 623 g/mol. The number of halogens is 2. The number of fused-ring (bicyclic) bond motifs is 1. The van der Waals surface area contributed by atoms with Crippen LogP contribution in [0.5, 0.6) is 17.2 Å². The Morgan fingerprint density at radius 2 is 1.85 bits per heavy atom. The van der Waals surface area contributed by atoms with Gasteiger partial charge in [0.15, 0.2) is 23.9 Å². The van der Waals surface area contributed by atoms with Crippen LogP contribution in [0.25, 0.3) is 22.3 Å². The average Bonchev–Trinajstić information content (AvgIpc) is 3.03. The largest absolute Gasteiger partial charge is 0.496 e. The number of aryl methyl sites for hydroxylation is 1. The van der Waals surface area contributed by atoms with E-state index in [1.165, 1.54) is 29.1 Å². The monoisotopic (exact) mass is 656 g/mol. The summed E-state index contributed by atoms with van der Waals surface area (Å²) in [5, 5.41) is 7.75. The fourth-order valence-electron chi connectivity index (χ4n) is 5.06. The van der Waals surface area contributed by atoms with E-state index in [4.69, 9.17) is 30.8 Å². The number of ether oxygens (including phenoxy) is 3. The lowest BCUT2D eigenvalue weighted by Crippen LogP contribution is -2.21. The summed E-state index contributed by atoms with van der Waals surface area (Å²) >= 11 is 6.61. The molecule has 1 heterocycles. The van der Waals surface area contributed by atoms with Crippen molar-refractivity contribution in [2.24, 2.45) is 5.10 Å². The van der Waals surface area contributed by atoms with Gasteiger partial charge in [0.05, 0.1) is 35.9 Å².